The number of nitrogens with zero attached hydrogens (tertiary/aromatic N) is 3. The van der Waals surface area contributed by atoms with Crippen LogP contribution in [0.4, 0.5) is 5.69 Å². The molecule has 0 bridgehead atoms. The van der Waals surface area contributed by atoms with Gasteiger partial charge in [-0.15, -0.1) is 22.7 Å². The van der Waals surface area contributed by atoms with Crippen molar-refractivity contribution in [3.8, 4) is 11.5 Å². The normalized spacial score (nSPS) is 15.1. The van der Waals surface area contributed by atoms with Gasteiger partial charge in [-0.1, -0.05) is 0 Å². The van der Waals surface area contributed by atoms with Crippen LogP contribution in [0, 0.1) is 6.92 Å². The van der Waals surface area contributed by atoms with Crippen LogP contribution in [0.2, 0.25) is 0 Å². The lowest BCUT2D eigenvalue weighted by Crippen LogP contribution is -2.31. The Bertz CT molecular complexity index is 1810. The van der Waals surface area contributed by atoms with Gasteiger partial charge in [0.2, 0.25) is 18.4 Å². The van der Waals surface area contributed by atoms with Crippen molar-refractivity contribution in [1.82, 2.24) is 25.5 Å². The average Bonchev–Trinajstić information content (AvgIpc) is 3.77. The van der Waals surface area contributed by atoms with Gasteiger partial charge in [0, 0.05) is 37.0 Å². The molecule has 1 amide bonds. The molecule has 232 valence electrons. The molecule has 45 heavy (non-hydrogen) atoms. The molecule has 0 unspecified atom stereocenters. The van der Waals surface area contributed by atoms with Crippen molar-refractivity contribution >= 4 is 57.4 Å². The fourth-order valence-corrected chi connectivity index (χ4v) is 6.64. The van der Waals surface area contributed by atoms with Crippen molar-refractivity contribution in [1.29, 1.82) is 0 Å². The Morgan fingerprint density at radius 3 is 2.13 bits per heavy atom. The number of nitrogens with one attached hydrogen (secondary N) is 3. The first kappa shape index (κ1) is 30.3. The van der Waals surface area contributed by atoms with E-state index in [0.29, 0.717) is 46.6 Å². The summed E-state index contributed by atoms with van der Waals surface area (Å²) in [4.78, 5) is 74.6. The predicted octanol–water partition coefficient (Wildman–Crippen LogP) is 3.01. The molecule has 0 spiro atoms. The van der Waals surface area contributed by atoms with Crippen molar-refractivity contribution in [2.75, 3.05) is 45.3 Å². The maximum atomic E-state index is 13.1. The second-order valence-corrected chi connectivity index (χ2v) is 12.7. The maximum Gasteiger partial charge on any atom is 0.284 e. The quantitative estimate of drug-likeness (QED) is 0.246. The molecule has 3 aromatic rings. The van der Waals surface area contributed by atoms with Gasteiger partial charge >= 0.3 is 0 Å². The monoisotopic (exact) mass is 648 g/mol. The van der Waals surface area contributed by atoms with E-state index in [-0.39, 0.29) is 56.8 Å². The van der Waals surface area contributed by atoms with E-state index in [2.05, 4.69) is 30.8 Å². The van der Waals surface area contributed by atoms with E-state index < -0.39 is 11.7 Å². The molecule has 2 aliphatic carbocycles. The first-order chi connectivity index (χ1) is 21.7. The molecule has 1 aliphatic heterocycles. The summed E-state index contributed by atoms with van der Waals surface area (Å²) in [6, 6.07) is 4.96. The molecule has 3 heterocycles. The topological polar surface area (TPSA) is 169 Å². The third-order valence-electron chi connectivity index (χ3n) is 7.17. The maximum absolute atomic E-state index is 13.1. The summed E-state index contributed by atoms with van der Waals surface area (Å²) in [6.45, 7) is 4.30. The van der Waals surface area contributed by atoms with E-state index >= 15 is 0 Å². The molecule has 6 rings (SSSR count). The van der Waals surface area contributed by atoms with Gasteiger partial charge < -0.3 is 30.3 Å². The van der Waals surface area contributed by atoms with Gasteiger partial charge in [0.25, 0.3) is 5.91 Å². The highest BCUT2D eigenvalue weighted by molar-refractivity contribution is 7.16. The van der Waals surface area contributed by atoms with Crippen molar-refractivity contribution < 1.29 is 33.4 Å². The Morgan fingerprint density at radius 1 is 0.867 bits per heavy atom. The first-order valence-corrected chi connectivity index (χ1v) is 15.8. The number of fused-ring (bicyclic) bond motifs is 3. The first-order valence-electron chi connectivity index (χ1n) is 14.1. The summed E-state index contributed by atoms with van der Waals surface area (Å²) in [6.07, 6.45) is 4.02. The minimum absolute atomic E-state index is 0.00357. The molecule has 0 saturated heterocycles. The lowest BCUT2D eigenvalue weighted by atomic mass is 10.0. The zero-order chi connectivity index (χ0) is 31.7. The van der Waals surface area contributed by atoms with Gasteiger partial charge in [0.1, 0.15) is 21.1 Å². The number of benzene rings is 1. The molecular formula is C30H28N6O7S2. The molecule has 0 atom stereocenters. The number of aromatic nitrogens is 2. The third kappa shape index (κ3) is 6.41. The lowest BCUT2D eigenvalue weighted by Gasteiger charge is -2.18. The summed E-state index contributed by atoms with van der Waals surface area (Å²) in [5.41, 5.74) is 1.07. The summed E-state index contributed by atoms with van der Waals surface area (Å²) in [5.74, 6) is -0.737. The van der Waals surface area contributed by atoms with Crippen LogP contribution in [0.1, 0.15) is 68.0 Å². The number of anilines is 1. The van der Waals surface area contributed by atoms with Gasteiger partial charge in [-0.3, -0.25) is 24.0 Å². The smallest absolute Gasteiger partial charge is 0.284 e. The van der Waals surface area contributed by atoms with Gasteiger partial charge in [0.15, 0.2) is 28.1 Å². The van der Waals surface area contributed by atoms with Gasteiger partial charge in [-0.25, -0.2) is 9.97 Å². The molecule has 0 fully saturated rings. The van der Waals surface area contributed by atoms with E-state index in [1.54, 1.807) is 25.1 Å². The Hall–Kier alpha value is -4.73. The van der Waals surface area contributed by atoms with Crippen LogP contribution in [-0.2, 0) is 0 Å². The number of carbonyl (C=O) groups is 5. The highest BCUT2D eigenvalue weighted by Crippen LogP contribution is 2.34. The molecule has 0 radical (unpaired) electrons. The van der Waals surface area contributed by atoms with Gasteiger partial charge in [-0.2, -0.15) is 0 Å². The summed E-state index contributed by atoms with van der Waals surface area (Å²) >= 11 is 2.10. The molecule has 2 aromatic heterocycles. The number of rotatable bonds is 12. The number of aryl methyl sites for hydroxylation is 1. The number of carbonyl (C=O) groups excluding carboxylic acids is 5. The highest BCUT2D eigenvalue weighted by atomic mass is 32.1. The molecule has 1 aromatic carbocycles. The van der Waals surface area contributed by atoms with Gasteiger partial charge in [0.05, 0.1) is 16.4 Å². The molecule has 13 nitrogen and oxygen atoms in total. The fraction of sp³-hybridized carbons (Fsp3) is 0.300. The highest BCUT2D eigenvalue weighted by Gasteiger charge is 2.32. The third-order valence-corrected chi connectivity index (χ3v) is 9.22. The Labute approximate surface area is 265 Å². The number of hydrogen-bond donors (Lipinski definition) is 3. The number of ether oxygens (including phenoxy) is 2. The van der Waals surface area contributed by atoms with E-state index in [0.717, 1.165) is 30.8 Å². The Morgan fingerprint density at radius 2 is 1.47 bits per heavy atom. The second-order valence-electron chi connectivity index (χ2n) is 10.5. The van der Waals surface area contributed by atoms with Crippen LogP contribution in [-0.4, -0.2) is 83.9 Å². The number of allylic oxidation sites excluding steroid dienone is 4. The molecule has 15 heteroatoms. The van der Waals surface area contributed by atoms with Crippen LogP contribution in [0.25, 0.3) is 0 Å². The largest absolute Gasteiger partial charge is 0.454 e. The molecule has 3 aliphatic rings. The van der Waals surface area contributed by atoms with Crippen LogP contribution in [0.15, 0.2) is 41.7 Å². The number of amides is 1. The van der Waals surface area contributed by atoms with Crippen molar-refractivity contribution in [2.45, 2.75) is 19.8 Å². The van der Waals surface area contributed by atoms with Crippen LogP contribution >= 0.6 is 22.7 Å². The van der Waals surface area contributed by atoms with E-state index in [1.165, 1.54) is 23.5 Å². The molecule has 3 N–H and O–H groups in total. The number of hydrogen-bond acceptors (Lipinski definition) is 14. The Kier molecular flexibility index (Phi) is 8.56. The standard InChI is InChI=1S/C30H28N6O7S2/c1-15-33-23-25(39)17(12-19(37)27(23)44-15)31-7-3-9-36(2)10-4-8-32-18-13-20(38)28-24(26(18)40)35-30(45-28)29(41)34-16-5-6-21-22(11-16)43-14-42-21/h5-6,11-13,31-32H,3-4,7-10,14H2,1-2H3,(H,34,41). The number of Topliss-reactive ketones (excluding diaryl/α,β-unsaturated/α-hetero) is 2. The van der Waals surface area contributed by atoms with Gasteiger partial charge in [-0.05, 0) is 52.0 Å². The fourth-order valence-electron chi connectivity index (χ4n) is 4.94. The van der Waals surface area contributed by atoms with E-state index in [1.807, 2.05) is 7.05 Å². The van der Waals surface area contributed by atoms with Crippen LogP contribution < -0.4 is 25.4 Å². The number of thiazole rings is 2. The second kappa shape index (κ2) is 12.7. The van der Waals surface area contributed by atoms with Crippen LogP contribution in [0.5, 0.6) is 11.5 Å². The predicted molar refractivity (Wildman–Crippen MR) is 166 cm³/mol. The Balaban J connectivity index is 0.929. The van der Waals surface area contributed by atoms with Crippen LogP contribution in [0.3, 0.4) is 0 Å². The van der Waals surface area contributed by atoms with E-state index in [9.17, 15) is 24.0 Å². The summed E-state index contributed by atoms with van der Waals surface area (Å²) in [5, 5.41) is 9.50. The minimum Gasteiger partial charge on any atom is -0.454 e. The number of ketones is 4. The summed E-state index contributed by atoms with van der Waals surface area (Å²) < 4.78 is 10.6. The zero-order valence-corrected chi connectivity index (χ0v) is 26.0. The molecular weight excluding hydrogens is 620 g/mol. The van der Waals surface area contributed by atoms with Crippen molar-refractivity contribution in [2.24, 2.45) is 0 Å². The SMILES string of the molecule is Cc1nc2c(s1)C(=O)C=C(NCCCN(C)CCCNC1=CC(=O)c3sc(C(=O)Nc4ccc5c(c4)OCO5)nc3C1=O)C2=O. The summed E-state index contributed by atoms with van der Waals surface area (Å²) in [7, 11) is 1.96. The van der Waals surface area contributed by atoms with E-state index in [4.69, 9.17) is 9.47 Å². The lowest BCUT2D eigenvalue weighted by molar-refractivity contribution is 0.0976. The van der Waals surface area contributed by atoms with Crippen molar-refractivity contribution in [3.05, 3.63) is 72.9 Å². The van der Waals surface area contributed by atoms with Crippen molar-refractivity contribution in [3.63, 3.8) is 0 Å². The minimum atomic E-state index is -0.541. The average molecular weight is 649 g/mol. The zero-order valence-electron chi connectivity index (χ0n) is 24.4. The molecule has 0 saturated carbocycles.